The lowest BCUT2D eigenvalue weighted by molar-refractivity contribution is 0.0923. The van der Waals surface area contributed by atoms with Gasteiger partial charge in [0, 0.05) is 12.6 Å². The normalized spacial score (nSPS) is 11.4. The topological polar surface area (TPSA) is 119 Å². The first-order chi connectivity index (χ1) is 11.8. The molecule has 0 spiro atoms. The second-order valence-electron chi connectivity index (χ2n) is 5.34. The molecule has 1 heterocycles. The Morgan fingerprint density at radius 3 is 2.44 bits per heavy atom. The van der Waals surface area contributed by atoms with E-state index in [1.807, 2.05) is 0 Å². The van der Waals surface area contributed by atoms with Gasteiger partial charge in [-0.1, -0.05) is 24.3 Å². The van der Waals surface area contributed by atoms with Gasteiger partial charge in [-0.05, 0) is 29.8 Å². The quantitative estimate of drug-likeness (QED) is 0.730. The molecule has 0 radical (unpaired) electrons. The third-order valence-electron chi connectivity index (χ3n) is 3.56. The summed E-state index contributed by atoms with van der Waals surface area (Å²) < 4.78 is 27.8. The minimum atomic E-state index is -3.76. The number of benzene rings is 2. The molecule has 128 valence electrons. The molecule has 0 bridgehead atoms. The first-order valence-electron chi connectivity index (χ1n) is 7.27. The van der Waals surface area contributed by atoms with Crippen molar-refractivity contribution in [2.45, 2.75) is 11.4 Å². The molecule has 3 rings (SSSR count). The lowest BCUT2D eigenvalue weighted by Crippen LogP contribution is -2.24. The van der Waals surface area contributed by atoms with Crippen LogP contribution in [0.5, 0.6) is 0 Å². The molecule has 0 saturated carbocycles. The van der Waals surface area contributed by atoms with E-state index in [-0.39, 0.29) is 22.6 Å². The molecule has 8 heteroatoms. The Labute approximate surface area is 143 Å². The Morgan fingerprint density at radius 1 is 1.08 bits per heavy atom. The first kappa shape index (κ1) is 16.9. The van der Waals surface area contributed by atoms with E-state index in [1.54, 1.807) is 24.3 Å². The summed E-state index contributed by atoms with van der Waals surface area (Å²) in [7, 11) is -3.76. The molecule has 1 aromatic heterocycles. The van der Waals surface area contributed by atoms with E-state index in [0.717, 1.165) is 6.07 Å². The molecule has 25 heavy (non-hydrogen) atoms. The van der Waals surface area contributed by atoms with Crippen LogP contribution in [0.2, 0.25) is 0 Å². The monoisotopic (exact) mass is 358 g/mol. The average Bonchev–Trinajstić information content (AvgIpc) is 2.59. The largest absolute Gasteiger partial charge is 0.451 e. The van der Waals surface area contributed by atoms with Gasteiger partial charge >= 0.3 is 0 Å². The summed E-state index contributed by atoms with van der Waals surface area (Å²) in [5.74, 6) is -0.636. The van der Waals surface area contributed by atoms with Gasteiger partial charge in [0.15, 0.2) is 11.2 Å². The van der Waals surface area contributed by atoms with Crippen LogP contribution in [-0.2, 0) is 16.6 Å². The van der Waals surface area contributed by atoms with Gasteiger partial charge in [0.2, 0.25) is 10.0 Å². The van der Waals surface area contributed by atoms with Gasteiger partial charge in [-0.25, -0.2) is 13.6 Å². The average molecular weight is 358 g/mol. The Kier molecular flexibility index (Phi) is 4.39. The lowest BCUT2D eigenvalue weighted by Gasteiger charge is -2.06. The number of nitrogens with two attached hydrogens (primary N) is 1. The number of fused-ring (bicyclic) bond motifs is 1. The van der Waals surface area contributed by atoms with Gasteiger partial charge in [-0.15, -0.1) is 0 Å². The molecule has 0 fully saturated rings. The van der Waals surface area contributed by atoms with Crippen molar-refractivity contribution in [3.63, 3.8) is 0 Å². The van der Waals surface area contributed by atoms with Crippen LogP contribution in [0.3, 0.4) is 0 Å². The third kappa shape index (κ3) is 3.76. The standard InChI is InChI=1S/C17H14N2O5S/c18-25(22,23)12-7-5-11(6-8-12)10-19-17(21)16-9-14(20)13-3-1-2-4-15(13)24-16/h1-9H,10H2,(H,19,21)(H2,18,22,23). The molecule has 0 atom stereocenters. The minimum absolute atomic E-state index is 0.0110. The summed E-state index contributed by atoms with van der Waals surface area (Å²) in [6, 6.07) is 13.6. The van der Waals surface area contributed by atoms with Gasteiger partial charge in [-0.3, -0.25) is 9.59 Å². The van der Waals surface area contributed by atoms with Crippen LogP contribution in [0, 0.1) is 0 Å². The van der Waals surface area contributed by atoms with Crippen LogP contribution in [-0.4, -0.2) is 14.3 Å². The van der Waals surface area contributed by atoms with Crippen molar-refractivity contribution in [3.05, 3.63) is 76.1 Å². The zero-order valence-corrected chi connectivity index (χ0v) is 13.7. The zero-order valence-electron chi connectivity index (χ0n) is 12.9. The zero-order chi connectivity index (χ0) is 18.0. The molecular weight excluding hydrogens is 344 g/mol. The number of rotatable bonds is 4. The first-order valence-corrected chi connectivity index (χ1v) is 8.82. The van der Waals surface area contributed by atoms with Gasteiger partial charge in [0.25, 0.3) is 5.91 Å². The highest BCUT2D eigenvalue weighted by atomic mass is 32.2. The number of amides is 1. The summed E-state index contributed by atoms with van der Waals surface area (Å²) in [5.41, 5.74) is 0.700. The molecule has 7 nitrogen and oxygen atoms in total. The van der Waals surface area contributed by atoms with Gasteiger partial charge in [0.1, 0.15) is 5.58 Å². The summed E-state index contributed by atoms with van der Waals surface area (Å²) in [6.45, 7) is 0.139. The van der Waals surface area contributed by atoms with E-state index < -0.39 is 15.9 Å². The van der Waals surface area contributed by atoms with Crippen LogP contribution >= 0.6 is 0 Å². The maximum absolute atomic E-state index is 12.2. The molecule has 0 saturated heterocycles. The van der Waals surface area contributed by atoms with Gasteiger partial charge in [-0.2, -0.15) is 0 Å². The minimum Gasteiger partial charge on any atom is -0.451 e. The van der Waals surface area contributed by atoms with Crippen molar-refractivity contribution < 1.29 is 17.6 Å². The SMILES string of the molecule is NS(=O)(=O)c1ccc(CNC(=O)c2cc(=O)c3ccccc3o2)cc1. The summed E-state index contributed by atoms with van der Waals surface area (Å²) in [4.78, 5) is 24.2. The number of nitrogens with one attached hydrogen (secondary N) is 1. The number of sulfonamides is 1. The molecule has 1 amide bonds. The van der Waals surface area contributed by atoms with E-state index in [1.165, 1.54) is 24.3 Å². The number of primary sulfonamides is 1. The van der Waals surface area contributed by atoms with Crippen molar-refractivity contribution in [2.24, 2.45) is 5.14 Å². The van der Waals surface area contributed by atoms with Crippen LogP contribution in [0.25, 0.3) is 11.0 Å². The second-order valence-corrected chi connectivity index (χ2v) is 6.90. The maximum atomic E-state index is 12.2. The van der Waals surface area contributed by atoms with Crippen LogP contribution in [0.4, 0.5) is 0 Å². The van der Waals surface area contributed by atoms with Crippen molar-refractivity contribution in [3.8, 4) is 0 Å². The summed E-state index contributed by atoms with van der Waals surface area (Å²) in [5, 5.41) is 8.04. The Bertz CT molecular complexity index is 1100. The summed E-state index contributed by atoms with van der Waals surface area (Å²) in [6.07, 6.45) is 0. The fourth-order valence-electron chi connectivity index (χ4n) is 2.28. The Balaban J connectivity index is 1.76. The Hall–Kier alpha value is -2.97. The second kappa shape index (κ2) is 6.50. The van der Waals surface area contributed by atoms with Gasteiger partial charge < -0.3 is 9.73 Å². The van der Waals surface area contributed by atoms with Crippen LogP contribution < -0.4 is 15.9 Å². The highest BCUT2D eigenvalue weighted by Crippen LogP contribution is 2.12. The number of carbonyl (C=O) groups excluding carboxylic acids is 1. The number of para-hydroxylation sites is 1. The fourth-order valence-corrected chi connectivity index (χ4v) is 2.80. The number of hydrogen-bond acceptors (Lipinski definition) is 5. The van der Waals surface area contributed by atoms with Gasteiger partial charge in [0.05, 0.1) is 10.3 Å². The molecule has 0 aliphatic carbocycles. The van der Waals surface area contributed by atoms with Crippen molar-refractivity contribution in [1.82, 2.24) is 5.32 Å². The van der Waals surface area contributed by atoms with Crippen molar-refractivity contribution in [1.29, 1.82) is 0 Å². The Morgan fingerprint density at radius 2 is 1.76 bits per heavy atom. The number of carbonyl (C=O) groups is 1. The van der Waals surface area contributed by atoms with Crippen LogP contribution in [0.1, 0.15) is 16.1 Å². The van der Waals surface area contributed by atoms with E-state index in [4.69, 9.17) is 9.56 Å². The van der Waals surface area contributed by atoms with E-state index in [9.17, 15) is 18.0 Å². The van der Waals surface area contributed by atoms with E-state index in [0.29, 0.717) is 16.5 Å². The van der Waals surface area contributed by atoms with Crippen molar-refractivity contribution in [2.75, 3.05) is 0 Å². The number of hydrogen-bond donors (Lipinski definition) is 2. The van der Waals surface area contributed by atoms with E-state index >= 15 is 0 Å². The van der Waals surface area contributed by atoms with Crippen molar-refractivity contribution >= 4 is 26.9 Å². The smallest absolute Gasteiger partial charge is 0.287 e. The highest BCUT2D eigenvalue weighted by molar-refractivity contribution is 7.89. The van der Waals surface area contributed by atoms with Crippen LogP contribution in [0.15, 0.2) is 68.7 Å². The molecule has 0 aliphatic rings. The molecule has 3 aromatic rings. The predicted octanol–water partition coefficient (Wildman–Crippen LogP) is 1.37. The molecule has 2 aromatic carbocycles. The molecule has 0 unspecified atom stereocenters. The lowest BCUT2D eigenvalue weighted by atomic mass is 10.2. The molecule has 0 aliphatic heterocycles. The molecule has 3 N–H and O–H groups in total. The fraction of sp³-hybridized carbons (Fsp3) is 0.0588. The predicted molar refractivity (Wildman–Crippen MR) is 91.5 cm³/mol. The maximum Gasteiger partial charge on any atom is 0.287 e. The summed E-state index contributed by atoms with van der Waals surface area (Å²) >= 11 is 0. The molecular formula is C17H14N2O5S. The third-order valence-corrected chi connectivity index (χ3v) is 4.49. The highest BCUT2D eigenvalue weighted by Gasteiger charge is 2.12. The van der Waals surface area contributed by atoms with E-state index in [2.05, 4.69) is 5.32 Å².